The first kappa shape index (κ1) is 19.3. The van der Waals surface area contributed by atoms with Gasteiger partial charge in [-0.05, 0) is 23.8 Å². The Labute approximate surface area is 165 Å². The Hall–Kier alpha value is -3.51. The van der Waals surface area contributed by atoms with Crippen molar-refractivity contribution in [3.8, 4) is 0 Å². The number of ketones is 1. The average Bonchev–Trinajstić information content (AvgIpc) is 2.72. The van der Waals surface area contributed by atoms with Gasteiger partial charge in [0.05, 0.1) is 10.5 Å². The van der Waals surface area contributed by atoms with E-state index in [1.807, 2.05) is 30.3 Å². The van der Waals surface area contributed by atoms with Gasteiger partial charge < -0.3 is 5.32 Å². The van der Waals surface area contributed by atoms with Crippen LogP contribution in [0.3, 0.4) is 0 Å². The molecule has 140 valence electrons. The Morgan fingerprint density at radius 3 is 2.25 bits per heavy atom. The van der Waals surface area contributed by atoms with Crippen molar-refractivity contribution in [2.24, 2.45) is 0 Å². The van der Waals surface area contributed by atoms with Crippen molar-refractivity contribution < 1.29 is 14.5 Å². The summed E-state index contributed by atoms with van der Waals surface area (Å²) in [6.45, 7) is 0.314. The highest BCUT2D eigenvalue weighted by molar-refractivity contribution is 6.33. The third-order valence-corrected chi connectivity index (χ3v) is 4.44. The Morgan fingerprint density at radius 2 is 1.57 bits per heavy atom. The first-order valence-electron chi connectivity index (χ1n) is 8.37. The lowest BCUT2D eigenvalue weighted by molar-refractivity contribution is -0.384. The van der Waals surface area contributed by atoms with Crippen molar-refractivity contribution in [2.75, 3.05) is 0 Å². The maximum Gasteiger partial charge on any atom is 0.288 e. The molecule has 7 heteroatoms. The van der Waals surface area contributed by atoms with Gasteiger partial charge in [-0.15, -0.1) is 0 Å². The lowest BCUT2D eigenvalue weighted by Crippen LogP contribution is -2.25. The van der Waals surface area contributed by atoms with E-state index in [0.717, 1.165) is 11.6 Å². The molecule has 6 nitrogen and oxygen atoms in total. The third-order valence-electron chi connectivity index (χ3n) is 4.12. The summed E-state index contributed by atoms with van der Waals surface area (Å²) in [6, 6.07) is 19.5. The first-order chi connectivity index (χ1) is 13.5. The second kappa shape index (κ2) is 8.45. The highest BCUT2D eigenvalue weighted by atomic mass is 35.5. The fourth-order valence-corrected chi connectivity index (χ4v) is 2.89. The maximum absolute atomic E-state index is 12.9. The predicted molar refractivity (Wildman–Crippen MR) is 106 cm³/mol. The SMILES string of the molecule is O=C(NCc1ccccc1)c1ccccc1C(=O)c1ccc(Cl)c([N+](=O)[O-])c1. The van der Waals surface area contributed by atoms with Crippen LogP contribution in [-0.2, 0) is 6.54 Å². The van der Waals surface area contributed by atoms with Crippen molar-refractivity contribution in [1.29, 1.82) is 0 Å². The van der Waals surface area contributed by atoms with Crippen LogP contribution in [0.5, 0.6) is 0 Å². The molecule has 0 bridgehead atoms. The number of amides is 1. The number of rotatable bonds is 6. The summed E-state index contributed by atoms with van der Waals surface area (Å²) >= 11 is 5.81. The fourth-order valence-electron chi connectivity index (χ4n) is 2.70. The van der Waals surface area contributed by atoms with Gasteiger partial charge in [0.25, 0.3) is 11.6 Å². The van der Waals surface area contributed by atoms with Gasteiger partial charge in [0, 0.05) is 23.7 Å². The van der Waals surface area contributed by atoms with Crippen molar-refractivity contribution in [2.45, 2.75) is 6.54 Å². The van der Waals surface area contributed by atoms with E-state index in [4.69, 9.17) is 11.6 Å². The average molecular weight is 395 g/mol. The van der Waals surface area contributed by atoms with E-state index in [9.17, 15) is 19.7 Å². The Balaban J connectivity index is 1.87. The number of carbonyl (C=O) groups excluding carboxylic acids is 2. The largest absolute Gasteiger partial charge is 0.348 e. The number of halogens is 1. The van der Waals surface area contributed by atoms with E-state index in [-0.39, 0.29) is 27.4 Å². The molecule has 3 rings (SSSR count). The van der Waals surface area contributed by atoms with Crippen LogP contribution in [0.4, 0.5) is 5.69 Å². The molecule has 0 aliphatic rings. The molecule has 1 N–H and O–H groups in total. The van der Waals surface area contributed by atoms with Crippen molar-refractivity contribution in [3.05, 3.63) is 110 Å². The van der Waals surface area contributed by atoms with Crippen LogP contribution in [0.25, 0.3) is 0 Å². The normalized spacial score (nSPS) is 10.3. The van der Waals surface area contributed by atoms with E-state index in [1.54, 1.807) is 12.1 Å². The Kier molecular flexibility index (Phi) is 5.81. The van der Waals surface area contributed by atoms with E-state index in [1.165, 1.54) is 24.3 Å². The molecule has 3 aromatic rings. The van der Waals surface area contributed by atoms with E-state index in [0.29, 0.717) is 6.54 Å². The van der Waals surface area contributed by atoms with Gasteiger partial charge >= 0.3 is 0 Å². The summed E-state index contributed by atoms with van der Waals surface area (Å²) in [5.74, 6) is -0.901. The van der Waals surface area contributed by atoms with Gasteiger partial charge in [-0.25, -0.2) is 0 Å². The van der Waals surface area contributed by atoms with Crippen LogP contribution < -0.4 is 5.32 Å². The number of hydrogen-bond donors (Lipinski definition) is 1. The zero-order chi connectivity index (χ0) is 20.1. The number of hydrogen-bond acceptors (Lipinski definition) is 4. The zero-order valence-corrected chi connectivity index (χ0v) is 15.3. The second-order valence-corrected chi connectivity index (χ2v) is 6.37. The minimum absolute atomic E-state index is 0.0598. The standard InChI is InChI=1S/C21H15ClN2O4/c22-18-11-10-15(12-19(18)24(27)28)20(25)16-8-4-5-9-17(16)21(26)23-13-14-6-2-1-3-7-14/h1-12H,13H2,(H,23,26). The maximum atomic E-state index is 12.9. The summed E-state index contributed by atoms with van der Waals surface area (Å²) in [5.41, 5.74) is 0.997. The van der Waals surface area contributed by atoms with Crippen LogP contribution in [0.2, 0.25) is 5.02 Å². The zero-order valence-electron chi connectivity index (χ0n) is 14.6. The summed E-state index contributed by atoms with van der Waals surface area (Å²) in [6.07, 6.45) is 0. The summed E-state index contributed by atoms with van der Waals surface area (Å²) in [5, 5.41) is 13.8. The molecule has 0 aromatic heterocycles. The number of benzene rings is 3. The Morgan fingerprint density at radius 1 is 0.929 bits per heavy atom. The van der Waals surface area contributed by atoms with Crippen LogP contribution in [-0.4, -0.2) is 16.6 Å². The van der Waals surface area contributed by atoms with Crippen LogP contribution >= 0.6 is 11.6 Å². The van der Waals surface area contributed by atoms with Gasteiger partial charge in [0.15, 0.2) is 5.78 Å². The third kappa shape index (κ3) is 4.24. The number of nitro groups is 1. The van der Waals surface area contributed by atoms with Crippen molar-refractivity contribution in [3.63, 3.8) is 0 Å². The quantitative estimate of drug-likeness (QED) is 0.381. The minimum atomic E-state index is -0.655. The fraction of sp³-hybridized carbons (Fsp3) is 0.0476. The molecule has 0 unspecified atom stereocenters. The summed E-state index contributed by atoms with van der Waals surface area (Å²) < 4.78 is 0. The molecular weight excluding hydrogens is 380 g/mol. The highest BCUT2D eigenvalue weighted by Crippen LogP contribution is 2.26. The molecule has 0 saturated heterocycles. The molecule has 0 saturated carbocycles. The molecule has 0 aliphatic carbocycles. The monoisotopic (exact) mass is 394 g/mol. The van der Waals surface area contributed by atoms with Gasteiger partial charge in [-0.2, -0.15) is 0 Å². The minimum Gasteiger partial charge on any atom is -0.348 e. The Bertz CT molecular complexity index is 1050. The van der Waals surface area contributed by atoms with Crippen LogP contribution in [0.1, 0.15) is 31.8 Å². The van der Waals surface area contributed by atoms with Gasteiger partial charge in [0.2, 0.25) is 0 Å². The second-order valence-electron chi connectivity index (χ2n) is 5.97. The lowest BCUT2D eigenvalue weighted by atomic mass is 9.97. The predicted octanol–water partition coefficient (Wildman–Crippen LogP) is 4.41. The molecule has 0 fully saturated rings. The first-order valence-corrected chi connectivity index (χ1v) is 8.75. The molecule has 0 spiro atoms. The van der Waals surface area contributed by atoms with Crippen LogP contribution in [0.15, 0.2) is 72.8 Å². The summed E-state index contributed by atoms with van der Waals surface area (Å²) in [4.78, 5) is 35.9. The van der Waals surface area contributed by atoms with E-state index in [2.05, 4.69) is 5.32 Å². The van der Waals surface area contributed by atoms with Crippen molar-refractivity contribution >= 4 is 29.0 Å². The van der Waals surface area contributed by atoms with Gasteiger partial charge in [-0.1, -0.05) is 60.1 Å². The molecule has 3 aromatic carbocycles. The molecule has 28 heavy (non-hydrogen) atoms. The topological polar surface area (TPSA) is 89.3 Å². The molecule has 0 radical (unpaired) electrons. The van der Waals surface area contributed by atoms with Gasteiger partial charge in [0.1, 0.15) is 5.02 Å². The molecule has 0 aliphatic heterocycles. The van der Waals surface area contributed by atoms with Crippen molar-refractivity contribution in [1.82, 2.24) is 5.32 Å². The highest BCUT2D eigenvalue weighted by Gasteiger charge is 2.21. The van der Waals surface area contributed by atoms with Crippen LogP contribution in [0, 0.1) is 10.1 Å². The van der Waals surface area contributed by atoms with E-state index >= 15 is 0 Å². The van der Waals surface area contributed by atoms with E-state index < -0.39 is 16.6 Å². The molecule has 0 atom stereocenters. The number of nitro benzene ring substituents is 1. The summed E-state index contributed by atoms with van der Waals surface area (Å²) in [7, 11) is 0. The number of carbonyl (C=O) groups is 2. The lowest BCUT2D eigenvalue weighted by Gasteiger charge is -2.10. The number of nitrogens with one attached hydrogen (secondary N) is 1. The van der Waals surface area contributed by atoms with Gasteiger partial charge in [-0.3, -0.25) is 19.7 Å². The number of nitrogens with zero attached hydrogens (tertiary/aromatic N) is 1. The molecule has 0 heterocycles. The molecular formula is C21H15ClN2O4. The molecule has 1 amide bonds. The smallest absolute Gasteiger partial charge is 0.288 e.